The molecule has 5 heteroatoms. The summed E-state index contributed by atoms with van der Waals surface area (Å²) in [7, 11) is 0. The van der Waals surface area contributed by atoms with Crippen LogP contribution >= 0.6 is 0 Å². The predicted molar refractivity (Wildman–Crippen MR) is 125 cm³/mol. The number of piperazine rings is 1. The lowest BCUT2D eigenvalue weighted by Gasteiger charge is -2.38. The Labute approximate surface area is 183 Å². The van der Waals surface area contributed by atoms with E-state index in [-0.39, 0.29) is 17.7 Å². The zero-order chi connectivity index (χ0) is 21.6. The molecule has 0 bridgehead atoms. The summed E-state index contributed by atoms with van der Waals surface area (Å²) in [5, 5.41) is 2.99. The maximum Gasteiger partial charge on any atom is 0.241 e. The van der Waals surface area contributed by atoms with Gasteiger partial charge < -0.3 is 10.2 Å². The van der Waals surface area contributed by atoms with E-state index in [2.05, 4.69) is 27.2 Å². The first-order valence-electron chi connectivity index (χ1n) is 10.7. The van der Waals surface area contributed by atoms with E-state index >= 15 is 0 Å². The number of amides is 1. The summed E-state index contributed by atoms with van der Waals surface area (Å²) in [4.78, 5) is 30.5. The van der Waals surface area contributed by atoms with E-state index in [9.17, 15) is 9.59 Å². The van der Waals surface area contributed by atoms with Gasteiger partial charge >= 0.3 is 0 Å². The van der Waals surface area contributed by atoms with Gasteiger partial charge in [0.15, 0.2) is 5.78 Å². The fourth-order valence-corrected chi connectivity index (χ4v) is 3.94. The average Bonchev–Trinajstić information content (AvgIpc) is 2.84. The van der Waals surface area contributed by atoms with Crippen LogP contribution in [0.5, 0.6) is 0 Å². The van der Waals surface area contributed by atoms with Crippen molar-refractivity contribution in [2.45, 2.75) is 13.0 Å². The molecule has 1 atom stereocenters. The summed E-state index contributed by atoms with van der Waals surface area (Å²) in [6, 6.07) is 26.4. The lowest BCUT2D eigenvalue weighted by atomic mass is 10.0. The zero-order valence-corrected chi connectivity index (χ0v) is 17.7. The van der Waals surface area contributed by atoms with Crippen molar-refractivity contribution in [2.24, 2.45) is 0 Å². The molecule has 0 spiro atoms. The third-order valence-corrected chi connectivity index (χ3v) is 5.83. The number of rotatable bonds is 6. The van der Waals surface area contributed by atoms with Crippen LogP contribution in [0.1, 0.15) is 22.8 Å². The molecule has 1 aliphatic rings. The minimum Gasteiger partial charge on any atom is -0.369 e. The number of carbonyl (C=O) groups excluding carboxylic acids is 2. The van der Waals surface area contributed by atoms with Gasteiger partial charge in [-0.3, -0.25) is 14.5 Å². The molecular formula is C26H27N3O2. The second kappa shape index (κ2) is 9.58. The van der Waals surface area contributed by atoms with E-state index in [1.165, 1.54) is 5.69 Å². The molecule has 1 heterocycles. The van der Waals surface area contributed by atoms with Crippen molar-refractivity contribution >= 4 is 23.1 Å². The summed E-state index contributed by atoms with van der Waals surface area (Å²) in [6.45, 7) is 5.31. The van der Waals surface area contributed by atoms with Gasteiger partial charge in [-0.15, -0.1) is 0 Å². The van der Waals surface area contributed by atoms with Gasteiger partial charge in [0.05, 0.1) is 11.7 Å². The van der Waals surface area contributed by atoms with E-state index in [1.807, 2.05) is 55.5 Å². The van der Waals surface area contributed by atoms with Crippen LogP contribution in [0.3, 0.4) is 0 Å². The van der Waals surface area contributed by atoms with Gasteiger partial charge in [-0.25, -0.2) is 0 Å². The molecule has 0 radical (unpaired) electrons. The monoisotopic (exact) mass is 413 g/mol. The Morgan fingerprint density at radius 3 is 2.03 bits per heavy atom. The van der Waals surface area contributed by atoms with Crippen LogP contribution in [0.4, 0.5) is 11.4 Å². The molecule has 158 valence electrons. The third kappa shape index (κ3) is 4.84. The Balaban J connectivity index is 1.40. The molecule has 1 N–H and O–H groups in total. The Hall–Kier alpha value is -3.44. The van der Waals surface area contributed by atoms with Crippen molar-refractivity contribution in [3.05, 3.63) is 96.1 Å². The number of benzene rings is 3. The molecule has 1 saturated heterocycles. The highest BCUT2D eigenvalue weighted by Crippen LogP contribution is 2.21. The highest BCUT2D eigenvalue weighted by molar-refractivity contribution is 6.14. The van der Waals surface area contributed by atoms with Crippen LogP contribution in [0, 0.1) is 0 Å². The summed E-state index contributed by atoms with van der Waals surface area (Å²) >= 11 is 0. The summed E-state index contributed by atoms with van der Waals surface area (Å²) < 4.78 is 0. The van der Waals surface area contributed by atoms with Crippen molar-refractivity contribution < 1.29 is 9.59 Å². The normalized spacial score (nSPS) is 15.3. The number of nitrogens with zero attached hydrogens (tertiary/aromatic N) is 2. The SMILES string of the molecule is CC(C(=O)Nc1ccccc1C(=O)c1ccccc1)N1CCN(c2ccccc2)CC1. The van der Waals surface area contributed by atoms with Crippen molar-refractivity contribution in [1.82, 2.24) is 4.90 Å². The molecule has 1 amide bonds. The number of ketones is 1. The van der Waals surface area contributed by atoms with Gasteiger partial charge in [0, 0.05) is 43.0 Å². The van der Waals surface area contributed by atoms with Gasteiger partial charge in [0.1, 0.15) is 0 Å². The molecule has 1 fully saturated rings. The largest absolute Gasteiger partial charge is 0.369 e. The third-order valence-electron chi connectivity index (χ3n) is 5.83. The molecule has 31 heavy (non-hydrogen) atoms. The molecule has 1 aliphatic heterocycles. The maximum atomic E-state index is 13.0. The smallest absolute Gasteiger partial charge is 0.241 e. The van der Waals surface area contributed by atoms with Gasteiger partial charge in [-0.1, -0.05) is 60.7 Å². The molecule has 4 rings (SSSR count). The maximum absolute atomic E-state index is 13.0. The number of para-hydroxylation sites is 2. The fourth-order valence-electron chi connectivity index (χ4n) is 3.94. The average molecular weight is 414 g/mol. The Morgan fingerprint density at radius 2 is 1.35 bits per heavy atom. The lowest BCUT2D eigenvalue weighted by Crippen LogP contribution is -2.52. The first-order valence-corrected chi connectivity index (χ1v) is 10.7. The van der Waals surface area contributed by atoms with Crippen LogP contribution in [-0.2, 0) is 4.79 Å². The van der Waals surface area contributed by atoms with E-state index in [0.717, 1.165) is 26.2 Å². The Bertz CT molecular complexity index is 1030. The van der Waals surface area contributed by atoms with Crippen LogP contribution in [0.15, 0.2) is 84.9 Å². The number of hydrogen-bond acceptors (Lipinski definition) is 4. The Morgan fingerprint density at radius 1 is 0.774 bits per heavy atom. The minimum absolute atomic E-state index is 0.0959. The number of carbonyl (C=O) groups is 2. The molecule has 0 aromatic heterocycles. The first kappa shape index (κ1) is 20.8. The quantitative estimate of drug-likeness (QED) is 0.619. The van der Waals surface area contributed by atoms with Crippen LogP contribution < -0.4 is 10.2 Å². The molecule has 0 aliphatic carbocycles. The molecule has 0 saturated carbocycles. The van der Waals surface area contributed by atoms with Crippen molar-refractivity contribution in [3.63, 3.8) is 0 Å². The van der Waals surface area contributed by atoms with E-state index in [4.69, 9.17) is 0 Å². The standard InChI is InChI=1S/C26H27N3O2/c1-20(28-16-18-29(19-17-28)22-12-6-3-7-13-22)26(31)27-24-15-9-8-14-23(24)25(30)21-10-4-2-5-11-21/h2-15,20H,16-19H2,1H3,(H,27,31). The van der Waals surface area contributed by atoms with Gasteiger partial charge in [-0.05, 0) is 31.2 Å². The van der Waals surface area contributed by atoms with E-state index < -0.39 is 0 Å². The highest BCUT2D eigenvalue weighted by Gasteiger charge is 2.26. The summed E-state index contributed by atoms with van der Waals surface area (Å²) in [6.07, 6.45) is 0. The molecule has 5 nitrogen and oxygen atoms in total. The lowest BCUT2D eigenvalue weighted by molar-refractivity contribution is -0.120. The number of nitrogens with one attached hydrogen (secondary N) is 1. The topological polar surface area (TPSA) is 52.7 Å². The molecule has 3 aromatic rings. The molecular weight excluding hydrogens is 386 g/mol. The highest BCUT2D eigenvalue weighted by atomic mass is 16.2. The van der Waals surface area contributed by atoms with Crippen LogP contribution in [0.25, 0.3) is 0 Å². The van der Waals surface area contributed by atoms with E-state index in [0.29, 0.717) is 16.8 Å². The van der Waals surface area contributed by atoms with Gasteiger partial charge in [0.2, 0.25) is 5.91 Å². The zero-order valence-electron chi connectivity index (χ0n) is 17.7. The number of anilines is 2. The first-order chi connectivity index (χ1) is 15.1. The van der Waals surface area contributed by atoms with Crippen molar-refractivity contribution in [1.29, 1.82) is 0 Å². The predicted octanol–water partition coefficient (Wildman–Crippen LogP) is 4.07. The van der Waals surface area contributed by atoms with Crippen LogP contribution in [0.2, 0.25) is 0 Å². The van der Waals surface area contributed by atoms with Gasteiger partial charge in [0.25, 0.3) is 0 Å². The van der Waals surface area contributed by atoms with Gasteiger partial charge in [-0.2, -0.15) is 0 Å². The second-order valence-electron chi connectivity index (χ2n) is 7.76. The molecule has 3 aromatic carbocycles. The molecule has 1 unspecified atom stereocenters. The summed E-state index contributed by atoms with van der Waals surface area (Å²) in [5.41, 5.74) is 2.88. The number of hydrogen-bond donors (Lipinski definition) is 1. The minimum atomic E-state index is -0.280. The second-order valence-corrected chi connectivity index (χ2v) is 7.76. The fraction of sp³-hybridized carbons (Fsp3) is 0.231. The Kier molecular flexibility index (Phi) is 6.43. The summed E-state index contributed by atoms with van der Waals surface area (Å²) in [5.74, 6) is -0.192. The van der Waals surface area contributed by atoms with E-state index in [1.54, 1.807) is 24.3 Å². The van der Waals surface area contributed by atoms with Crippen LogP contribution in [-0.4, -0.2) is 48.8 Å². The van der Waals surface area contributed by atoms with Crippen molar-refractivity contribution in [3.8, 4) is 0 Å². The van der Waals surface area contributed by atoms with Crippen molar-refractivity contribution in [2.75, 3.05) is 36.4 Å².